The van der Waals surface area contributed by atoms with Crippen molar-refractivity contribution in [2.75, 3.05) is 17.9 Å². The quantitative estimate of drug-likeness (QED) is 0.342. The van der Waals surface area contributed by atoms with Crippen LogP contribution in [0.3, 0.4) is 0 Å². The molecule has 0 radical (unpaired) electrons. The van der Waals surface area contributed by atoms with E-state index in [4.69, 9.17) is 16.3 Å². The lowest BCUT2D eigenvalue weighted by Gasteiger charge is -2.34. The van der Waals surface area contributed by atoms with Gasteiger partial charge in [0.25, 0.3) is 15.9 Å². The molecule has 2 atom stereocenters. The summed E-state index contributed by atoms with van der Waals surface area (Å²) in [6, 6.07) is 9.14. The Hall–Kier alpha value is -3.84. The second-order valence-electron chi connectivity index (χ2n) is 9.72. The zero-order valence-corrected chi connectivity index (χ0v) is 24.1. The van der Waals surface area contributed by atoms with Crippen molar-refractivity contribution in [1.82, 2.24) is 10.6 Å². The summed E-state index contributed by atoms with van der Waals surface area (Å²) in [5, 5.41) is 4.63. The van der Waals surface area contributed by atoms with Crippen LogP contribution in [0, 0.1) is 12.7 Å². The molecule has 1 aliphatic heterocycles. The average molecular weight is 628 g/mol. The molecule has 42 heavy (non-hydrogen) atoms. The fourth-order valence-corrected chi connectivity index (χ4v) is 6.36. The van der Waals surface area contributed by atoms with Crippen LogP contribution in [0.15, 0.2) is 59.5 Å². The molecule has 0 aromatic heterocycles. The number of rotatable bonds is 7. The minimum Gasteiger partial charge on any atom is -0.484 e. The third kappa shape index (κ3) is 6.46. The summed E-state index contributed by atoms with van der Waals surface area (Å²) in [5.74, 6) is -3.04. The number of benzene rings is 3. The Labute approximate surface area is 244 Å². The lowest BCUT2D eigenvalue weighted by atomic mass is 9.99. The zero-order chi connectivity index (χ0) is 31.0. The fraction of sp³-hybridized carbons (Fsp3) is 0.286. The standard InChI is InChI=1S/C28H26ClF4N3O5S/c1-15-5-4-6-19(9-15)42(39,40)36-14-16(2)41-26-22(30)10-17(11-24(26)36)27(38)35-23(13-25(37)34-3)20-12-18(28(31,32)33)7-8-21(20)29/h4-12,16,23H,13-14H2,1-3H3,(H,34,37)(H,35,38)/t16-,23+/m1/s1. The summed E-state index contributed by atoms with van der Waals surface area (Å²) in [6.07, 6.45) is -5.96. The number of amides is 2. The molecule has 1 heterocycles. The van der Waals surface area contributed by atoms with E-state index < -0.39 is 58.0 Å². The Morgan fingerprint density at radius 2 is 1.86 bits per heavy atom. The maximum atomic E-state index is 15.3. The van der Waals surface area contributed by atoms with E-state index in [1.165, 1.54) is 19.2 Å². The summed E-state index contributed by atoms with van der Waals surface area (Å²) in [7, 11) is -2.92. The maximum absolute atomic E-state index is 15.3. The summed E-state index contributed by atoms with van der Waals surface area (Å²) >= 11 is 6.17. The van der Waals surface area contributed by atoms with Crippen molar-refractivity contribution in [3.05, 3.63) is 87.7 Å². The molecule has 0 unspecified atom stereocenters. The van der Waals surface area contributed by atoms with Crippen LogP contribution in [-0.2, 0) is 21.0 Å². The third-order valence-electron chi connectivity index (χ3n) is 6.55. The SMILES string of the molecule is CNC(=O)C[C@H](NC(=O)c1cc(F)c2c(c1)N(S(=O)(=O)c1cccc(C)c1)C[C@@H](C)O2)c1cc(C(F)(F)F)ccc1Cl. The molecule has 0 fully saturated rings. The van der Waals surface area contributed by atoms with E-state index >= 15 is 4.39 Å². The number of carbonyl (C=O) groups is 2. The molecule has 0 aliphatic carbocycles. The van der Waals surface area contributed by atoms with Crippen LogP contribution in [0.4, 0.5) is 23.2 Å². The van der Waals surface area contributed by atoms with Gasteiger partial charge in [0.15, 0.2) is 11.6 Å². The first kappa shape index (κ1) is 31.1. The van der Waals surface area contributed by atoms with Gasteiger partial charge in [-0.25, -0.2) is 12.8 Å². The molecule has 224 valence electrons. The summed E-state index contributed by atoms with van der Waals surface area (Å²) < 4.78 is 89.3. The fourth-order valence-electron chi connectivity index (χ4n) is 4.47. The highest BCUT2D eigenvalue weighted by Gasteiger charge is 2.36. The van der Waals surface area contributed by atoms with Crippen molar-refractivity contribution in [3.8, 4) is 5.75 Å². The van der Waals surface area contributed by atoms with Crippen LogP contribution in [0.5, 0.6) is 5.75 Å². The number of nitrogens with one attached hydrogen (secondary N) is 2. The number of halogens is 5. The maximum Gasteiger partial charge on any atom is 0.416 e. The topological polar surface area (TPSA) is 105 Å². The number of anilines is 1. The molecule has 0 spiro atoms. The first-order valence-corrected chi connectivity index (χ1v) is 14.4. The van der Waals surface area contributed by atoms with Crippen molar-refractivity contribution < 1.29 is 40.3 Å². The molecule has 2 amide bonds. The van der Waals surface area contributed by atoms with Gasteiger partial charge in [-0.05, 0) is 67.4 Å². The first-order chi connectivity index (χ1) is 19.6. The Bertz CT molecular complexity index is 1650. The summed E-state index contributed by atoms with van der Waals surface area (Å²) in [6.45, 7) is 3.08. The minimum atomic E-state index is -4.73. The molecule has 0 bridgehead atoms. The number of nitrogens with zero attached hydrogens (tertiary/aromatic N) is 1. The van der Waals surface area contributed by atoms with Gasteiger partial charge in [0.1, 0.15) is 6.10 Å². The second-order valence-corrected chi connectivity index (χ2v) is 12.0. The highest BCUT2D eigenvalue weighted by atomic mass is 35.5. The van der Waals surface area contributed by atoms with Crippen molar-refractivity contribution >= 4 is 39.1 Å². The van der Waals surface area contributed by atoms with Gasteiger partial charge >= 0.3 is 6.18 Å². The predicted molar refractivity (Wildman–Crippen MR) is 148 cm³/mol. The molecular weight excluding hydrogens is 602 g/mol. The van der Waals surface area contributed by atoms with Gasteiger partial charge in [0, 0.05) is 17.6 Å². The molecule has 14 heteroatoms. The molecule has 3 aromatic carbocycles. The van der Waals surface area contributed by atoms with Crippen molar-refractivity contribution in [2.24, 2.45) is 0 Å². The third-order valence-corrected chi connectivity index (χ3v) is 8.67. The summed E-state index contributed by atoms with van der Waals surface area (Å²) in [5.41, 5.74) is -1.17. The van der Waals surface area contributed by atoms with Gasteiger partial charge in [-0.1, -0.05) is 23.7 Å². The van der Waals surface area contributed by atoms with Crippen LogP contribution in [0.2, 0.25) is 5.02 Å². The van der Waals surface area contributed by atoms with Crippen LogP contribution < -0.4 is 19.7 Å². The van der Waals surface area contributed by atoms with Crippen LogP contribution >= 0.6 is 11.6 Å². The molecule has 2 N–H and O–H groups in total. The number of hydrogen-bond donors (Lipinski definition) is 2. The summed E-state index contributed by atoms with van der Waals surface area (Å²) in [4.78, 5) is 25.5. The number of carbonyl (C=O) groups excluding carboxylic acids is 2. The second kappa shape index (κ2) is 11.8. The molecule has 8 nitrogen and oxygen atoms in total. The van der Waals surface area contributed by atoms with Crippen LogP contribution in [0.25, 0.3) is 0 Å². The molecule has 0 saturated heterocycles. The van der Waals surface area contributed by atoms with E-state index in [1.54, 1.807) is 26.0 Å². The van der Waals surface area contributed by atoms with Crippen molar-refractivity contribution in [2.45, 2.75) is 43.5 Å². The van der Waals surface area contributed by atoms with Gasteiger partial charge in [-0.2, -0.15) is 13.2 Å². The molecular formula is C28H26ClF4N3O5S. The van der Waals surface area contributed by atoms with Gasteiger partial charge < -0.3 is 15.4 Å². The van der Waals surface area contributed by atoms with E-state index in [-0.39, 0.29) is 39.0 Å². The lowest BCUT2D eigenvalue weighted by molar-refractivity contribution is -0.137. The van der Waals surface area contributed by atoms with E-state index in [0.717, 1.165) is 34.6 Å². The zero-order valence-electron chi connectivity index (χ0n) is 22.6. The highest BCUT2D eigenvalue weighted by Crippen LogP contribution is 2.40. The van der Waals surface area contributed by atoms with E-state index in [0.29, 0.717) is 5.56 Å². The molecule has 3 aromatic rings. The number of hydrogen-bond acceptors (Lipinski definition) is 5. The average Bonchev–Trinajstić information content (AvgIpc) is 2.92. The Morgan fingerprint density at radius 3 is 2.50 bits per heavy atom. The lowest BCUT2D eigenvalue weighted by Crippen LogP contribution is -2.43. The van der Waals surface area contributed by atoms with E-state index in [1.807, 2.05) is 0 Å². The van der Waals surface area contributed by atoms with Gasteiger partial charge in [0.05, 0.1) is 35.2 Å². The number of fused-ring (bicyclic) bond motifs is 1. The number of alkyl halides is 3. The van der Waals surface area contributed by atoms with Crippen LogP contribution in [-0.4, -0.2) is 39.9 Å². The smallest absolute Gasteiger partial charge is 0.416 e. The highest BCUT2D eigenvalue weighted by molar-refractivity contribution is 7.92. The minimum absolute atomic E-state index is 0.0531. The number of aryl methyl sites for hydroxylation is 1. The number of ether oxygens (including phenoxy) is 1. The first-order valence-electron chi connectivity index (χ1n) is 12.6. The van der Waals surface area contributed by atoms with Crippen molar-refractivity contribution in [1.29, 1.82) is 0 Å². The Morgan fingerprint density at radius 1 is 1.14 bits per heavy atom. The molecule has 1 aliphatic rings. The van der Waals surface area contributed by atoms with Gasteiger partial charge in [0.2, 0.25) is 5.91 Å². The number of sulfonamides is 1. The Balaban J connectivity index is 1.76. The monoisotopic (exact) mass is 627 g/mol. The van der Waals surface area contributed by atoms with Crippen LogP contribution in [0.1, 0.15) is 46.4 Å². The predicted octanol–water partition coefficient (Wildman–Crippen LogP) is 5.39. The molecule has 4 rings (SSSR count). The van der Waals surface area contributed by atoms with Gasteiger partial charge in [-0.3, -0.25) is 13.9 Å². The Kier molecular flexibility index (Phi) is 8.74. The van der Waals surface area contributed by atoms with Crippen molar-refractivity contribution in [3.63, 3.8) is 0 Å². The van der Waals surface area contributed by atoms with E-state index in [2.05, 4.69) is 10.6 Å². The van der Waals surface area contributed by atoms with Gasteiger partial charge in [-0.15, -0.1) is 0 Å². The molecule has 0 saturated carbocycles. The normalized spacial score (nSPS) is 15.8. The van der Waals surface area contributed by atoms with E-state index in [9.17, 15) is 31.2 Å². The largest absolute Gasteiger partial charge is 0.484 e.